The van der Waals surface area contributed by atoms with Gasteiger partial charge < -0.3 is 20.5 Å². The van der Waals surface area contributed by atoms with Crippen molar-refractivity contribution in [3.63, 3.8) is 0 Å². The first kappa shape index (κ1) is 15.7. The third-order valence-electron chi connectivity index (χ3n) is 4.08. The van der Waals surface area contributed by atoms with E-state index in [2.05, 4.69) is 14.9 Å². The zero-order valence-electron chi connectivity index (χ0n) is 13.3. The summed E-state index contributed by atoms with van der Waals surface area (Å²) >= 11 is 0. The maximum absolute atomic E-state index is 9.66. The second kappa shape index (κ2) is 6.93. The Labute approximate surface area is 135 Å². The Morgan fingerprint density at radius 1 is 1.35 bits per heavy atom. The second-order valence-corrected chi connectivity index (χ2v) is 5.72. The molecule has 1 atom stereocenters. The number of aliphatic hydroxyl groups is 1. The lowest BCUT2D eigenvalue weighted by Crippen LogP contribution is -2.32. The number of hydrogen-bond donors (Lipinski definition) is 2. The summed E-state index contributed by atoms with van der Waals surface area (Å²) in [6.07, 6.45) is 0.917. The predicted molar refractivity (Wildman–Crippen MR) is 89.1 cm³/mol. The number of nitrogens with two attached hydrogens (primary N) is 1. The van der Waals surface area contributed by atoms with Gasteiger partial charge in [0.25, 0.3) is 0 Å². The molecule has 3 rings (SSSR count). The van der Waals surface area contributed by atoms with E-state index >= 15 is 0 Å². The molecule has 1 aliphatic rings. The van der Waals surface area contributed by atoms with E-state index in [-0.39, 0.29) is 18.6 Å². The van der Waals surface area contributed by atoms with Crippen LogP contribution in [0.4, 0.5) is 11.8 Å². The SMILES string of the molecule is Cc1cc(N2CCCOCC2c2ccccc2CO)nc(N)n1. The molecular formula is C17H22N4O2. The molecule has 1 aliphatic heterocycles. The molecule has 3 N–H and O–H groups in total. The summed E-state index contributed by atoms with van der Waals surface area (Å²) in [5.74, 6) is 1.08. The van der Waals surface area contributed by atoms with Gasteiger partial charge in [-0.05, 0) is 24.5 Å². The van der Waals surface area contributed by atoms with Crippen LogP contribution in [-0.4, -0.2) is 34.8 Å². The molecule has 1 fully saturated rings. The first-order chi connectivity index (χ1) is 11.2. The van der Waals surface area contributed by atoms with Gasteiger partial charge in [-0.1, -0.05) is 24.3 Å². The van der Waals surface area contributed by atoms with Gasteiger partial charge in [0, 0.05) is 24.9 Å². The lowest BCUT2D eigenvalue weighted by molar-refractivity contribution is 0.134. The summed E-state index contributed by atoms with van der Waals surface area (Å²) in [4.78, 5) is 10.8. The van der Waals surface area contributed by atoms with Crippen LogP contribution in [0.3, 0.4) is 0 Å². The van der Waals surface area contributed by atoms with E-state index in [1.807, 2.05) is 37.3 Å². The molecule has 0 amide bonds. The van der Waals surface area contributed by atoms with Crippen LogP contribution in [0.15, 0.2) is 30.3 Å². The van der Waals surface area contributed by atoms with Gasteiger partial charge >= 0.3 is 0 Å². The van der Waals surface area contributed by atoms with Gasteiger partial charge in [-0.25, -0.2) is 4.98 Å². The smallest absolute Gasteiger partial charge is 0.222 e. The third kappa shape index (κ3) is 3.43. The Morgan fingerprint density at radius 2 is 2.17 bits per heavy atom. The summed E-state index contributed by atoms with van der Waals surface area (Å²) in [6.45, 7) is 4.01. The van der Waals surface area contributed by atoms with Gasteiger partial charge in [0.1, 0.15) is 5.82 Å². The molecule has 2 heterocycles. The summed E-state index contributed by atoms with van der Waals surface area (Å²) in [5, 5.41) is 9.66. The quantitative estimate of drug-likeness (QED) is 0.899. The topological polar surface area (TPSA) is 84.5 Å². The Kier molecular flexibility index (Phi) is 4.73. The van der Waals surface area contributed by atoms with Gasteiger partial charge in [0.15, 0.2) is 0 Å². The molecule has 0 bridgehead atoms. The first-order valence-corrected chi connectivity index (χ1v) is 7.83. The van der Waals surface area contributed by atoms with Crippen LogP contribution < -0.4 is 10.6 Å². The molecule has 1 unspecified atom stereocenters. The lowest BCUT2D eigenvalue weighted by atomic mass is 9.99. The standard InChI is InChI=1S/C17H22N4O2/c1-12-9-16(20-17(18)19-12)21-7-4-8-23-11-15(21)14-6-3-2-5-13(14)10-22/h2-3,5-6,9,15,22H,4,7-8,10-11H2,1H3,(H2,18,19,20). The first-order valence-electron chi connectivity index (χ1n) is 7.83. The monoisotopic (exact) mass is 314 g/mol. The minimum atomic E-state index is -0.00505. The molecule has 1 aromatic heterocycles. The molecule has 0 spiro atoms. The van der Waals surface area contributed by atoms with Crippen molar-refractivity contribution in [2.45, 2.75) is 26.0 Å². The summed E-state index contributed by atoms with van der Waals surface area (Å²) < 4.78 is 5.78. The molecule has 1 aromatic carbocycles. The van der Waals surface area contributed by atoms with Gasteiger partial charge in [-0.3, -0.25) is 0 Å². The normalized spacial score (nSPS) is 18.7. The zero-order chi connectivity index (χ0) is 16.2. The molecule has 6 nitrogen and oxygen atoms in total. The van der Waals surface area contributed by atoms with E-state index in [1.165, 1.54) is 0 Å². The molecule has 0 aliphatic carbocycles. The van der Waals surface area contributed by atoms with Crippen molar-refractivity contribution in [2.75, 3.05) is 30.4 Å². The average molecular weight is 314 g/mol. The molecule has 0 saturated carbocycles. The number of nitrogen functional groups attached to an aromatic ring is 1. The number of ether oxygens (including phenoxy) is 1. The van der Waals surface area contributed by atoms with Crippen molar-refractivity contribution in [1.29, 1.82) is 0 Å². The second-order valence-electron chi connectivity index (χ2n) is 5.72. The molecule has 1 saturated heterocycles. The highest BCUT2D eigenvalue weighted by Gasteiger charge is 2.26. The summed E-state index contributed by atoms with van der Waals surface area (Å²) in [5.41, 5.74) is 8.64. The van der Waals surface area contributed by atoms with Crippen molar-refractivity contribution in [3.05, 3.63) is 47.2 Å². The van der Waals surface area contributed by atoms with E-state index in [9.17, 15) is 5.11 Å². The number of anilines is 2. The van der Waals surface area contributed by atoms with E-state index in [0.717, 1.165) is 35.6 Å². The van der Waals surface area contributed by atoms with Gasteiger partial charge in [-0.15, -0.1) is 0 Å². The van der Waals surface area contributed by atoms with Crippen LogP contribution in [-0.2, 0) is 11.3 Å². The number of aliphatic hydroxyl groups excluding tert-OH is 1. The van der Waals surface area contributed by atoms with Crippen LogP contribution in [0.25, 0.3) is 0 Å². The Hall–Kier alpha value is -2.18. The third-order valence-corrected chi connectivity index (χ3v) is 4.08. The van der Waals surface area contributed by atoms with Crippen molar-refractivity contribution in [1.82, 2.24) is 9.97 Å². The van der Waals surface area contributed by atoms with E-state index < -0.39 is 0 Å². The van der Waals surface area contributed by atoms with Crippen molar-refractivity contribution < 1.29 is 9.84 Å². The van der Waals surface area contributed by atoms with Gasteiger partial charge in [-0.2, -0.15) is 4.98 Å². The zero-order valence-corrected chi connectivity index (χ0v) is 13.3. The lowest BCUT2D eigenvalue weighted by Gasteiger charge is -2.32. The average Bonchev–Trinajstić information content (AvgIpc) is 2.79. The Morgan fingerprint density at radius 3 is 2.96 bits per heavy atom. The maximum Gasteiger partial charge on any atom is 0.222 e. The molecule has 122 valence electrons. The van der Waals surface area contributed by atoms with Crippen LogP contribution in [0.2, 0.25) is 0 Å². The van der Waals surface area contributed by atoms with E-state index in [0.29, 0.717) is 13.2 Å². The Balaban J connectivity index is 2.03. The van der Waals surface area contributed by atoms with E-state index in [4.69, 9.17) is 10.5 Å². The Bertz CT molecular complexity index is 657. The van der Waals surface area contributed by atoms with Crippen molar-refractivity contribution in [2.24, 2.45) is 0 Å². The fourth-order valence-electron chi connectivity index (χ4n) is 3.03. The highest BCUT2D eigenvalue weighted by Crippen LogP contribution is 2.31. The number of nitrogens with zero attached hydrogens (tertiary/aromatic N) is 3. The van der Waals surface area contributed by atoms with Gasteiger partial charge in [0.2, 0.25) is 5.95 Å². The summed E-state index contributed by atoms with van der Waals surface area (Å²) in [7, 11) is 0. The fraction of sp³-hybridized carbons (Fsp3) is 0.412. The number of aromatic nitrogens is 2. The fourth-order valence-corrected chi connectivity index (χ4v) is 3.03. The van der Waals surface area contributed by atoms with Crippen molar-refractivity contribution >= 4 is 11.8 Å². The predicted octanol–water partition coefficient (Wildman–Crippen LogP) is 1.83. The van der Waals surface area contributed by atoms with Crippen LogP contribution in [0, 0.1) is 6.92 Å². The number of aryl methyl sites for hydroxylation is 1. The van der Waals surface area contributed by atoms with Crippen LogP contribution in [0.5, 0.6) is 0 Å². The number of rotatable bonds is 3. The molecule has 6 heteroatoms. The number of benzene rings is 1. The van der Waals surface area contributed by atoms with Crippen molar-refractivity contribution in [3.8, 4) is 0 Å². The largest absolute Gasteiger partial charge is 0.392 e. The molecule has 2 aromatic rings. The highest BCUT2D eigenvalue weighted by molar-refractivity contribution is 5.47. The molecular weight excluding hydrogens is 292 g/mol. The van der Waals surface area contributed by atoms with Gasteiger partial charge in [0.05, 0.1) is 19.3 Å². The minimum absolute atomic E-state index is 0.00505. The summed E-state index contributed by atoms with van der Waals surface area (Å²) in [6, 6.07) is 9.83. The van der Waals surface area contributed by atoms with Crippen LogP contribution >= 0.6 is 0 Å². The maximum atomic E-state index is 9.66. The molecule has 0 radical (unpaired) electrons. The molecule has 23 heavy (non-hydrogen) atoms. The number of hydrogen-bond acceptors (Lipinski definition) is 6. The van der Waals surface area contributed by atoms with Crippen LogP contribution in [0.1, 0.15) is 29.3 Å². The minimum Gasteiger partial charge on any atom is -0.392 e. The highest BCUT2D eigenvalue weighted by atomic mass is 16.5. The van der Waals surface area contributed by atoms with E-state index in [1.54, 1.807) is 0 Å².